The van der Waals surface area contributed by atoms with Crippen LogP contribution in [0.4, 0.5) is 0 Å². The van der Waals surface area contributed by atoms with Crippen molar-refractivity contribution in [2.45, 2.75) is 19.8 Å². The van der Waals surface area contributed by atoms with Crippen LogP contribution in [-0.2, 0) is 12.8 Å². The lowest BCUT2D eigenvalue weighted by molar-refractivity contribution is 0.409. The van der Waals surface area contributed by atoms with E-state index < -0.39 is 0 Å². The van der Waals surface area contributed by atoms with E-state index in [2.05, 4.69) is 64.0 Å². The highest BCUT2D eigenvalue weighted by molar-refractivity contribution is 5.79. The van der Waals surface area contributed by atoms with Gasteiger partial charge in [-0.2, -0.15) is 0 Å². The number of methoxy groups -OCH3 is 1. The summed E-state index contributed by atoms with van der Waals surface area (Å²) in [7, 11) is 1.72. The zero-order valence-electron chi connectivity index (χ0n) is 15.0. The van der Waals surface area contributed by atoms with Crippen molar-refractivity contribution < 1.29 is 4.74 Å². The van der Waals surface area contributed by atoms with E-state index in [9.17, 15) is 0 Å². The Morgan fingerprint density at radius 2 is 1.69 bits per heavy atom. The third-order valence-corrected chi connectivity index (χ3v) is 4.82. The first-order chi connectivity index (χ1) is 12.8. The van der Waals surface area contributed by atoms with E-state index in [-0.39, 0.29) is 0 Å². The minimum Gasteiger partial charge on any atom is -0.496 e. The van der Waals surface area contributed by atoms with Gasteiger partial charge in [0.1, 0.15) is 12.1 Å². The Bertz CT molecular complexity index is 1050. The van der Waals surface area contributed by atoms with Crippen molar-refractivity contribution in [3.63, 3.8) is 0 Å². The molecule has 0 aliphatic heterocycles. The average Bonchev–Trinajstić information content (AvgIpc) is 3.17. The summed E-state index contributed by atoms with van der Waals surface area (Å²) in [4.78, 5) is 0. The van der Waals surface area contributed by atoms with Crippen LogP contribution in [0.1, 0.15) is 16.8 Å². The summed E-state index contributed by atoms with van der Waals surface area (Å²) in [5, 5.41) is 8.53. The molecule has 2 heterocycles. The van der Waals surface area contributed by atoms with Crippen LogP contribution in [0, 0.1) is 6.92 Å². The molecule has 0 spiro atoms. The normalized spacial score (nSPS) is 11.0. The number of benzene rings is 2. The van der Waals surface area contributed by atoms with Gasteiger partial charge in [0.2, 0.25) is 0 Å². The van der Waals surface area contributed by atoms with Crippen LogP contribution in [0.25, 0.3) is 16.8 Å². The minimum atomic E-state index is 0.892. The number of hydrogen-bond donors (Lipinski definition) is 0. The Kier molecular flexibility index (Phi) is 4.40. The average molecular weight is 343 g/mol. The van der Waals surface area contributed by atoms with Gasteiger partial charge in [0.05, 0.1) is 7.11 Å². The first-order valence-corrected chi connectivity index (χ1v) is 8.77. The molecule has 2 aromatic carbocycles. The predicted molar refractivity (Wildman–Crippen MR) is 104 cm³/mol. The standard InChI is InChI=1S/C22H21N3O/c1-16-7-3-5-9-19(16)20-14-13-18(25-15-23-24-22(20)25)12-11-17-8-4-6-10-21(17)26-2/h3-10,13-15H,11-12H2,1-2H3. The van der Waals surface area contributed by atoms with Gasteiger partial charge in [0, 0.05) is 11.3 Å². The summed E-state index contributed by atoms with van der Waals surface area (Å²) in [6, 6.07) is 20.9. The summed E-state index contributed by atoms with van der Waals surface area (Å²) < 4.78 is 7.56. The Hall–Kier alpha value is -3.14. The molecule has 2 aromatic heterocycles. The second-order valence-electron chi connectivity index (χ2n) is 6.39. The second-order valence-corrected chi connectivity index (χ2v) is 6.39. The maximum absolute atomic E-state index is 5.46. The smallest absolute Gasteiger partial charge is 0.168 e. The van der Waals surface area contributed by atoms with Gasteiger partial charge in [-0.3, -0.25) is 4.40 Å². The topological polar surface area (TPSA) is 39.4 Å². The summed E-state index contributed by atoms with van der Waals surface area (Å²) in [5.41, 5.74) is 6.84. The van der Waals surface area contributed by atoms with E-state index in [1.807, 2.05) is 18.2 Å². The monoisotopic (exact) mass is 343 g/mol. The number of ether oxygens (including phenoxy) is 1. The van der Waals surface area contributed by atoms with Gasteiger partial charge >= 0.3 is 0 Å². The van der Waals surface area contributed by atoms with Crippen LogP contribution in [0.15, 0.2) is 67.0 Å². The molecule has 130 valence electrons. The summed E-state index contributed by atoms with van der Waals surface area (Å²) in [6.07, 6.45) is 3.60. The van der Waals surface area contributed by atoms with E-state index in [1.54, 1.807) is 13.4 Å². The molecule has 0 bridgehead atoms. The first kappa shape index (κ1) is 16.3. The number of hydrogen-bond acceptors (Lipinski definition) is 3. The molecule has 0 saturated heterocycles. The fourth-order valence-electron chi connectivity index (χ4n) is 3.42. The molecule has 0 radical (unpaired) electrons. The van der Waals surface area contributed by atoms with E-state index in [1.165, 1.54) is 22.4 Å². The highest BCUT2D eigenvalue weighted by atomic mass is 16.5. The highest BCUT2D eigenvalue weighted by Gasteiger charge is 2.12. The van der Waals surface area contributed by atoms with Crippen LogP contribution in [0.5, 0.6) is 5.75 Å². The minimum absolute atomic E-state index is 0.892. The lowest BCUT2D eigenvalue weighted by Crippen LogP contribution is -2.01. The molecule has 4 heteroatoms. The Labute approximate surface area is 153 Å². The first-order valence-electron chi connectivity index (χ1n) is 8.77. The highest BCUT2D eigenvalue weighted by Crippen LogP contribution is 2.28. The second kappa shape index (κ2) is 7.00. The van der Waals surface area contributed by atoms with Crippen LogP contribution in [-0.4, -0.2) is 21.7 Å². The van der Waals surface area contributed by atoms with Crippen molar-refractivity contribution in [3.05, 3.63) is 83.8 Å². The van der Waals surface area contributed by atoms with Crippen molar-refractivity contribution in [1.82, 2.24) is 14.6 Å². The molecule has 0 N–H and O–H groups in total. The fraction of sp³-hybridized carbons (Fsp3) is 0.182. The van der Waals surface area contributed by atoms with Gasteiger partial charge in [-0.25, -0.2) is 0 Å². The van der Waals surface area contributed by atoms with Crippen LogP contribution in [0.2, 0.25) is 0 Å². The third kappa shape index (κ3) is 2.94. The van der Waals surface area contributed by atoms with Crippen molar-refractivity contribution in [2.75, 3.05) is 7.11 Å². The molecule has 4 aromatic rings. The number of fused-ring (bicyclic) bond motifs is 1. The quantitative estimate of drug-likeness (QED) is 0.536. The number of nitrogens with zero attached hydrogens (tertiary/aromatic N) is 3. The van der Waals surface area contributed by atoms with Gasteiger partial charge in [-0.05, 0) is 54.7 Å². The fourth-order valence-corrected chi connectivity index (χ4v) is 3.42. The van der Waals surface area contributed by atoms with Gasteiger partial charge < -0.3 is 4.74 Å². The number of para-hydroxylation sites is 1. The number of aryl methyl sites for hydroxylation is 3. The molecule has 0 amide bonds. The molecule has 4 nitrogen and oxygen atoms in total. The molecular weight excluding hydrogens is 322 g/mol. The summed E-state index contributed by atoms with van der Waals surface area (Å²) in [6.45, 7) is 2.12. The van der Waals surface area contributed by atoms with Crippen LogP contribution in [0.3, 0.4) is 0 Å². The zero-order chi connectivity index (χ0) is 17.9. The summed E-state index contributed by atoms with van der Waals surface area (Å²) in [5.74, 6) is 0.934. The lowest BCUT2D eigenvalue weighted by atomic mass is 10.0. The van der Waals surface area contributed by atoms with Crippen molar-refractivity contribution >= 4 is 5.65 Å². The Balaban J connectivity index is 1.69. The molecule has 0 atom stereocenters. The molecule has 0 aliphatic rings. The van der Waals surface area contributed by atoms with Crippen molar-refractivity contribution in [3.8, 4) is 16.9 Å². The molecule has 0 saturated carbocycles. The molecule has 0 aliphatic carbocycles. The van der Waals surface area contributed by atoms with Gasteiger partial charge in [0.15, 0.2) is 5.65 Å². The van der Waals surface area contributed by atoms with Gasteiger partial charge in [-0.1, -0.05) is 42.5 Å². The van der Waals surface area contributed by atoms with Gasteiger partial charge in [-0.15, -0.1) is 10.2 Å². The lowest BCUT2D eigenvalue weighted by Gasteiger charge is -2.12. The van der Waals surface area contributed by atoms with E-state index in [0.29, 0.717) is 0 Å². The summed E-state index contributed by atoms with van der Waals surface area (Å²) >= 11 is 0. The van der Waals surface area contributed by atoms with Crippen LogP contribution >= 0.6 is 0 Å². The van der Waals surface area contributed by atoms with Crippen molar-refractivity contribution in [1.29, 1.82) is 0 Å². The molecule has 0 unspecified atom stereocenters. The molecule has 26 heavy (non-hydrogen) atoms. The Morgan fingerprint density at radius 1 is 0.885 bits per heavy atom. The van der Waals surface area contributed by atoms with Crippen LogP contribution < -0.4 is 4.74 Å². The zero-order valence-corrected chi connectivity index (χ0v) is 15.0. The van der Waals surface area contributed by atoms with Crippen molar-refractivity contribution in [2.24, 2.45) is 0 Å². The maximum atomic E-state index is 5.46. The molecular formula is C22H21N3O. The predicted octanol–water partition coefficient (Wildman–Crippen LogP) is 4.50. The number of rotatable bonds is 5. The molecule has 0 fully saturated rings. The molecule has 4 rings (SSSR count). The SMILES string of the molecule is COc1ccccc1CCc1ccc(-c2ccccc2C)c2nncn12. The maximum Gasteiger partial charge on any atom is 0.168 e. The van der Waals surface area contributed by atoms with Gasteiger partial charge in [0.25, 0.3) is 0 Å². The van der Waals surface area contributed by atoms with E-state index in [4.69, 9.17) is 4.74 Å². The number of aromatic nitrogens is 3. The Morgan fingerprint density at radius 3 is 2.54 bits per heavy atom. The largest absolute Gasteiger partial charge is 0.496 e. The van der Waals surface area contributed by atoms with E-state index in [0.717, 1.165) is 29.8 Å². The number of pyridine rings is 1. The van der Waals surface area contributed by atoms with E-state index >= 15 is 0 Å². The third-order valence-electron chi connectivity index (χ3n) is 4.82.